The van der Waals surface area contributed by atoms with Gasteiger partial charge in [0.15, 0.2) is 23.0 Å². The lowest BCUT2D eigenvalue weighted by Gasteiger charge is -2.13. The molecule has 3 N–H and O–H groups in total. The highest BCUT2D eigenvalue weighted by Gasteiger charge is 2.26. The monoisotopic (exact) mass is 392 g/mol. The van der Waals surface area contributed by atoms with Crippen molar-refractivity contribution in [2.75, 3.05) is 22.8 Å². The van der Waals surface area contributed by atoms with Gasteiger partial charge < -0.3 is 13.9 Å². The van der Waals surface area contributed by atoms with E-state index in [-0.39, 0.29) is 12.4 Å². The molecule has 11 nitrogen and oxygen atoms in total. The number of hydrazine groups is 2. The second-order valence-electron chi connectivity index (χ2n) is 6.65. The van der Waals surface area contributed by atoms with E-state index in [0.717, 1.165) is 23.5 Å². The second kappa shape index (κ2) is 5.92. The summed E-state index contributed by atoms with van der Waals surface area (Å²) < 4.78 is 19.7. The van der Waals surface area contributed by atoms with Crippen molar-refractivity contribution in [2.45, 2.75) is 13.0 Å². The van der Waals surface area contributed by atoms with E-state index in [1.165, 1.54) is 0 Å². The predicted octanol–water partition coefficient (Wildman–Crippen LogP) is 1.75. The van der Waals surface area contributed by atoms with Crippen LogP contribution in [0.1, 0.15) is 5.56 Å². The largest absolute Gasteiger partial charge is 0.454 e. The summed E-state index contributed by atoms with van der Waals surface area (Å²) in [5.41, 5.74) is 8.72. The lowest BCUT2D eigenvalue weighted by atomic mass is 10.1. The van der Waals surface area contributed by atoms with Gasteiger partial charge in [0.1, 0.15) is 12.0 Å². The Morgan fingerprint density at radius 1 is 1.14 bits per heavy atom. The van der Waals surface area contributed by atoms with Crippen molar-refractivity contribution in [2.24, 2.45) is 0 Å². The maximum atomic E-state index is 8.36. The fourth-order valence-corrected chi connectivity index (χ4v) is 3.49. The standard InChI is InChI=1S/C18H16N8O3/c19-18-21-16-15(22-26(23-16)14-2-1-7-27-14)17-20-9-24(25(17)18)6-5-11-3-4-12-13(8-11)29-10-28-12/h1-4,7-9,22H,5-6,10H2,(H2,19,21,23). The van der Waals surface area contributed by atoms with Gasteiger partial charge >= 0.3 is 0 Å². The van der Waals surface area contributed by atoms with Crippen LogP contribution in [-0.4, -0.2) is 26.0 Å². The molecule has 0 spiro atoms. The van der Waals surface area contributed by atoms with Crippen molar-refractivity contribution in [3.63, 3.8) is 0 Å². The summed E-state index contributed by atoms with van der Waals surface area (Å²) in [4.78, 5) is 8.85. The molecule has 5 heterocycles. The summed E-state index contributed by atoms with van der Waals surface area (Å²) in [7, 11) is 0. The van der Waals surface area contributed by atoms with Gasteiger partial charge in [-0.1, -0.05) is 6.07 Å². The minimum absolute atomic E-state index is 0.0810. The van der Waals surface area contributed by atoms with E-state index in [1.54, 1.807) is 28.3 Å². The van der Waals surface area contributed by atoms with E-state index in [1.807, 2.05) is 28.9 Å². The lowest BCUT2D eigenvalue weighted by molar-refractivity contribution is 0.174. The van der Waals surface area contributed by atoms with Crippen LogP contribution in [0.2, 0.25) is 0 Å². The lowest BCUT2D eigenvalue weighted by Crippen LogP contribution is -2.29. The van der Waals surface area contributed by atoms with Gasteiger partial charge in [0.05, 0.1) is 6.26 Å². The number of benzene rings is 1. The van der Waals surface area contributed by atoms with Crippen LogP contribution in [-0.2, 0) is 13.0 Å². The molecule has 0 amide bonds. The van der Waals surface area contributed by atoms with Crippen LogP contribution in [0.5, 0.6) is 11.5 Å². The van der Waals surface area contributed by atoms with Gasteiger partial charge in [-0.25, -0.2) is 4.98 Å². The molecule has 29 heavy (non-hydrogen) atoms. The van der Waals surface area contributed by atoms with Gasteiger partial charge in [-0.3, -0.25) is 20.9 Å². The van der Waals surface area contributed by atoms with Crippen LogP contribution in [0.3, 0.4) is 0 Å². The van der Waals surface area contributed by atoms with Gasteiger partial charge in [0, 0.05) is 12.6 Å². The Labute approximate surface area is 163 Å². The Morgan fingerprint density at radius 2 is 2.07 bits per heavy atom. The van der Waals surface area contributed by atoms with Crippen molar-refractivity contribution in [1.29, 1.82) is 5.41 Å². The topological polar surface area (TPSA) is 118 Å². The van der Waals surface area contributed by atoms with E-state index in [0.29, 0.717) is 29.6 Å². The maximum absolute atomic E-state index is 8.36. The molecule has 0 unspecified atom stereocenters. The average Bonchev–Trinajstić information content (AvgIpc) is 3.51. The molecule has 0 saturated carbocycles. The first kappa shape index (κ1) is 15.9. The zero-order chi connectivity index (χ0) is 19.4. The number of aryl methyl sites for hydroxylation is 2. The zero-order valence-electron chi connectivity index (χ0n) is 15.1. The Balaban J connectivity index is 1.30. The highest BCUT2D eigenvalue weighted by atomic mass is 16.7. The number of hydrogen-bond donors (Lipinski definition) is 3. The molecule has 0 fully saturated rings. The van der Waals surface area contributed by atoms with Gasteiger partial charge in [-0.15, -0.1) is 0 Å². The molecule has 0 atom stereocenters. The van der Waals surface area contributed by atoms with E-state index < -0.39 is 0 Å². The van der Waals surface area contributed by atoms with Crippen LogP contribution in [0.25, 0.3) is 5.65 Å². The van der Waals surface area contributed by atoms with Crippen LogP contribution >= 0.6 is 0 Å². The molecule has 0 saturated heterocycles. The number of aromatic nitrogens is 4. The smallest absolute Gasteiger partial charge is 0.245 e. The fraction of sp³-hybridized carbons (Fsp3) is 0.167. The highest BCUT2D eigenvalue weighted by molar-refractivity contribution is 5.85. The van der Waals surface area contributed by atoms with Crippen LogP contribution in [0, 0.1) is 5.41 Å². The molecule has 11 heteroatoms. The molecule has 0 radical (unpaired) electrons. The molecule has 2 aliphatic heterocycles. The second-order valence-corrected chi connectivity index (χ2v) is 6.65. The third-order valence-electron chi connectivity index (χ3n) is 4.88. The summed E-state index contributed by atoms with van der Waals surface area (Å²) in [6, 6.07) is 9.51. The third kappa shape index (κ3) is 2.47. The van der Waals surface area contributed by atoms with E-state index in [2.05, 4.69) is 20.8 Å². The number of nitrogens with one attached hydrogen (secondary N) is 3. The summed E-state index contributed by atoms with van der Waals surface area (Å²) >= 11 is 0. The number of nitrogens with zero attached hydrogens (tertiary/aromatic N) is 5. The summed E-state index contributed by atoms with van der Waals surface area (Å²) in [5.74, 6) is 2.63. The van der Waals surface area contributed by atoms with E-state index in [9.17, 15) is 0 Å². The van der Waals surface area contributed by atoms with Gasteiger partial charge in [0.25, 0.3) is 0 Å². The quantitative estimate of drug-likeness (QED) is 0.481. The highest BCUT2D eigenvalue weighted by Crippen LogP contribution is 2.33. The molecular formula is C18H16N8O3. The van der Waals surface area contributed by atoms with Crippen LogP contribution in [0.15, 0.2) is 47.3 Å². The number of rotatable bonds is 4. The average molecular weight is 392 g/mol. The first-order valence-corrected chi connectivity index (χ1v) is 9.04. The van der Waals surface area contributed by atoms with Gasteiger partial charge in [0.2, 0.25) is 18.3 Å². The summed E-state index contributed by atoms with van der Waals surface area (Å²) in [5, 5.41) is 9.96. The van der Waals surface area contributed by atoms with Crippen molar-refractivity contribution in [3.05, 3.63) is 54.1 Å². The molecule has 0 bridgehead atoms. The van der Waals surface area contributed by atoms with Crippen molar-refractivity contribution in [3.8, 4) is 11.5 Å². The molecule has 3 aromatic heterocycles. The maximum Gasteiger partial charge on any atom is 0.245 e. The van der Waals surface area contributed by atoms with Gasteiger partial charge in [-0.05, 0) is 30.2 Å². The number of fused-ring (bicyclic) bond motifs is 4. The minimum Gasteiger partial charge on any atom is -0.454 e. The molecule has 6 rings (SSSR count). The summed E-state index contributed by atoms with van der Waals surface area (Å²) in [6.45, 7) is 0.887. The van der Waals surface area contributed by atoms with E-state index >= 15 is 0 Å². The van der Waals surface area contributed by atoms with Crippen LogP contribution < -0.4 is 31.1 Å². The fourth-order valence-electron chi connectivity index (χ4n) is 3.49. The minimum atomic E-state index is 0.0810. The molecule has 2 aliphatic rings. The molecule has 4 aromatic rings. The molecule has 146 valence electrons. The van der Waals surface area contributed by atoms with Crippen LogP contribution in [0.4, 0.5) is 17.4 Å². The normalized spacial score (nSPS) is 14.1. The van der Waals surface area contributed by atoms with Crippen molar-refractivity contribution >= 4 is 23.0 Å². The molecular weight excluding hydrogens is 376 g/mol. The molecule has 0 aliphatic carbocycles. The zero-order valence-corrected chi connectivity index (χ0v) is 15.1. The number of ether oxygens (including phenoxy) is 2. The first-order chi connectivity index (χ1) is 14.3. The van der Waals surface area contributed by atoms with Crippen molar-refractivity contribution < 1.29 is 13.9 Å². The number of hydrogen-bond acceptors (Lipinski definition) is 9. The Bertz CT molecular complexity index is 1280. The van der Waals surface area contributed by atoms with E-state index in [4.69, 9.17) is 19.3 Å². The first-order valence-electron chi connectivity index (χ1n) is 9.04. The Morgan fingerprint density at radius 3 is 2.97 bits per heavy atom. The Hall–Kier alpha value is -4.15. The van der Waals surface area contributed by atoms with Crippen molar-refractivity contribution in [1.82, 2.24) is 19.2 Å². The van der Waals surface area contributed by atoms with Gasteiger partial charge in [-0.2, -0.15) is 14.6 Å². The number of furan rings is 1. The SMILES string of the molecule is N=c1nc2c(c3ncn(CCc4ccc5c(c4)OCO5)n13)NN(c1ccco1)N2. The predicted molar refractivity (Wildman–Crippen MR) is 102 cm³/mol. The third-order valence-corrected chi connectivity index (χ3v) is 4.88. The number of anilines is 3. The molecule has 1 aromatic carbocycles. The Kier molecular flexibility index (Phi) is 3.24. The summed E-state index contributed by atoms with van der Waals surface area (Å²) in [6.07, 6.45) is 4.04.